The number of aliphatic carboxylic acids is 1. The van der Waals surface area contributed by atoms with E-state index in [-0.39, 0.29) is 0 Å². The second-order valence-electron chi connectivity index (χ2n) is 7.44. The van der Waals surface area contributed by atoms with Crippen molar-refractivity contribution in [2.45, 2.75) is 38.3 Å². The van der Waals surface area contributed by atoms with Crippen molar-refractivity contribution < 1.29 is 14.6 Å². The van der Waals surface area contributed by atoms with Crippen LogP contribution in [0.4, 0.5) is 0 Å². The minimum atomic E-state index is -1.32. The third kappa shape index (κ3) is 6.06. The summed E-state index contributed by atoms with van der Waals surface area (Å²) in [6.45, 7) is 2.56. The summed E-state index contributed by atoms with van der Waals surface area (Å²) in [5.74, 6) is 0.460. The summed E-state index contributed by atoms with van der Waals surface area (Å²) < 4.78 is 5.86. The number of carboxylic acid groups (broad SMARTS) is 1. The van der Waals surface area contributed by atoms with Crippen molar-refractivity contribution in [3.05, 3.63) is 108 Å². The molecule has 0 fully saturated rings. The van der Waals surface area contributed by atoms with Crippen LogP contribution in [0, 0.1) is 0 Å². The summed E-state index contributed by atoms with van der Waals surface area (Å²) in [6.07, 6.45) is 6.67. The quantitative estimate of drug-likeness (QED) is 0.285. The molecule has 0 aliphatic carbocycles. The summed E-state index contributed by atoms with van der Waals surface area (Å²) in [6, 6.07) is 26.6. The van der Waals surface area contributed by atoms with Crippen LogP contribution in [0.25, 0.3) is 0 Å². The molecule has 0 bridgehead atoms. The Morgan fingerprint density at radius 3 is 2.16 bits per heavy atom. The van der Waals surface area contributed by atoms with Crippen LogP contribution in [0.2, 0.25) is 0 Å². The van der Waals surface area contributed by atoms with Crippen LogP contribution in [-0.4, -0.2) is 11.1 Å². The number of hydrogen-bond donors (Lipinski definition) is 2. The van der Waals surface area contributed by atoms with Crippen molar-refractivity contribution >= 4 is 5.97 Å². The fraction of sp³-hybridized carbons (Fsp3) is 0.222. The number of carboxylic acids is 1. The van der Waals surface area contributed by atoms with Gasteiger partial charge in [0, 0.05) is 6.54 Å². The molecular formula is C27H29NO3. The zero-order chi connectivity index (χ0) is 21.9. The van der Waals surface area contributed by atoms with Gasteiger partial charge in [-0.25, -0.2) is 4.79 Å². The minimum absolute atomic E-state index is 0.438. The van der Waals surface area contributed by atoms with Gasteiger partial charge in [-0.05, 0) is 41.8 Å². The average Bonchev–Trinajstić information content (AvgIpc) is 2.80. The van der Waals surface area contributed by atoms with Gasteiger partial charge < -0.3 is 9.84 Å². The molecule has 160 valence electrons. The highest BCUT2D eigenvalue weighted by molar-refractivity contribution is 5.83. The van der Waals surface area contributed by atoms with Gasteiger partial charge in [-0.3, -0.25) is 5.32 Å². The van der Waals surface area contributed by atoms with Crippen LogP contribution in [0.15, 0.2) is 97.1 Å². The van der Waals surface area contributed by atoms with Crippen LogP contribution in [0.5, 0.6) is 11.5 Å². The maximum absolute atomic E-state index is 12.5. The first-order valence-electron chi connectivity index (χ1n) is 10.7. The molecule has 0 amide bonds. The molecule has 4 heteroatoms. The fourth-order valence-electron chi connectivity index (χ4n) is 3.36. The molecule has 0 heterocycles. The third-order valence-electron chi connectivity index (χ3n) is 5.13. The van der Waals surface area contributed by atoms with E-state index in [0.29, 0.717) is 17.9 Å². The molecule has 3 rings (SSSR count). The van der Waals surface area contributed by atoms with Crippen molar-refractivity contribution in [2.75, 3.05) is 0 Å². The van der Waals surface area contributed by atoms with E-state index in [1.54, 1.807) is 6.08 Å². The highest BCUT2D eigenvalue weighted by Crippen LogP contribution is 2.29. The molecule has 0 aliphatic heterocycles. The van der Waals surface area contributed by atoms with Gasteiger partial charge in [0.15, 0.2) is 5.54 Å². The third-order valence-corrected chi connectivity index (χ3v) is 5.13. The Hall–Kier alpha value is -3.37. The van der Waals surface area contributed by atoms with Crippen LogP contribution in [0.3, 0.4) is 0 Å². The maximum atomic E-state index is 12.5. The van der Waals surface area contributed by atoms with E-state index in [1.807, 2.05) is 91.0 Å². The van der Waals surface area contributed by atoms with Gasteiger partial charge >= 0.3 is 5.97 Å². The number of hydrogen-bond acceptors (Lipinski definition) is 3. The number of benzene rings is 3. The van der Waals surface area contributed by atoms with Gasteiger partial charge in [0.05, 0.1) is 0 Å². The van der Waals surface area contributed by atoms with Gasteiger partial charge in [-0.1, -0.05) is 92.6 Å². The number of nitrogens with one attached hydrogen (secondary N) is 1. The lowest BCUT2D eigenvalue weighted by Crippen LogP contribution is -2.47. The van der Waals surface area contributed by atoms with Crippen molar-refractivity contribution in [3.63, 3.8) is 0 Å². The van der Waals surface area contributed by atoms with Crippen molar-refractivity contribution in [2.24, 2.45) is 0 Å². The Bertz CT molecular complexity index is 968. The summed E-state index contributed by atoms with van der Waals surface area (Å²) in [7, 11) is 0. The van der Waals surface area contributed by atoms with Crippen LogP contribution in [0.1, 0.15) is 37.3 Å². The average molecular weight is 416 g/mol. The van der Waals surface area contributed by atoms with E-state index in [1.165, 1.54) is 0 Å². The smallest absolute Gasteiger partial charge is 0.332 e. The van der Waals surface area contributed by atoms with E-state index in [2.05, 4.69) is 12.2 Å². The summed E-state index contributed by atoms with van der Waals surface area (Å²) in [5, 5.41) is 13.6. The lowest BCUT2D eigenvalue weighted by Gasteiger charge is -2.28. The molecule has 0 saturated heterocycles. The molecule has 31 heavy (non-hydrogen) atoms. The Kier molecular flexibility index (Phi) is 8.02. The standard InChI is InChI=1S/C27H29NO3/c1-2-3-4-11-20-27(26(29)30,28-21-22-12-7-5-8-13-22)23-16-18-25(19-17-23)31-24-14-9-6-10-15-24/h5-20,28H,2-4,21H2,1H3,(H,29,30)/b20-11+. The number of para-hydroxylation sites is 1. The molecule has 4 nitrogen and oxygen atoms in total. The molecule has 0 aliphatic rings. The molecule has 1 unspecified atom stereocenters. The highest BCUT2D eigenvalue weighted by Gasteiger charge is 2.37. The van der Waals surface area contributed by atoms with E-state index < -0.39 is 11.5 Å². The molecule has 0 saturated carbocycles. The molecule has 0 radical (unpaired) electrons. The molecule has 3 aromatic rings. The maximum Gasteiger partial charge on any atom is 0.332 e. The van der Waals surface area contributed by atoms with E-state index >= 15 is 0 Å². The lowest BCUT2D eigenvalue weighted by molar-refractivity contribution is -0.143. The highest BCUT2D eigenvalue weighted by atomic mass is 16.5. The Morgan fingerprint density at radius 2 is 1.55 bits per heavy atom. The topological polar surface area (TPSA) is 58.6 Å². The minimum Gasteiger partial charge on any atom is -0.479 e. The summed E-state index contributed by atoms with van der Waals surface area (Å²) >= 11 is 0. The fourth-order valence-corrected chi connectivity index (χ4v) is 3.36. The van der Waals surface area contributed by atoms with E-state index in [0.717, 1.165) is 30.6 Å². The second-order valence-corrected chi connectivity index (χ2v) is 7.44. The number of rotatable bonds is 11. The first kappa shape index (κ1) is 22.3. The van der Waals surface area contributed by atoms with Gasteiger partial charge in [-0.2, -0.15) is 0 Å². The van der Waals surface area contributed by atoms with Crippen LogP contribution in [-0.2, 0) is 16.9 Å². The predicted molar refractivity (Wildman–Crippen MR) is 124 cm³/mol. The van der Waals surface area contributed by atoms with Gasteiger partial charge in [0.25, 0.3) is 0 Å². The second kappa shape index (κ2) is 11.1. The number of allylic oxidation sites excluding steroid dienone is 1. The first-order valence-corrected chi connectivity index (χ1v) is 10.7. The number of ether oxygens (including phenoxy) is 1. The summed E-state index contributed by atoms with van der Waals surface area (Å²) in [4.78, 5) is 12.5. The monoisotopic (exact) mass is 415 g/mol. The van der Waals surface area contributed by atoms with Gasteiger partial charge in [0.2, 0.25) is 0 Å². The molecule has 1 atom stereocenters. The Morgan fingerprint density at radius 1 is 0.935 bits per heavy atom. The van der Waals surface area contributed by atoms with Gasteiger partial charge in [-0.15, -0.1) is 0 Å². The predicted octanol–water partition coefficient (Wildman–Crippen LogP) is 6.30. The SMILES string of the molecule is CCCC/C=C/C(NCc1ccccc1)(C(=O)O)c1ccc(Oc2ccccc2)cc1. The van der Waals surface area contributed by atoms with Gasteiger partial charge in [0.1, 0.15) is 11.5 Å². The van der Waals surface area contributed by atoms with Crippen molar-refractivity contribution in [3.8, 4) is 11.5 Å². The van der Waals surface area contributed by atoms with E-state index in [9.17, 15) is 9.90 Å². The molecule has 0 aromatic heterocycles. The molecule has 2 N–H and O–H groups in total. The molecule has 0 spiro atoms. The van der Waals surface area contributed by atoms with Crippen LogP contribution >= 0.6 is 0 Å². The molecular weight excluding hydrogens is 386 g/mol. The largest absolute Gasteiger partial charge is 0.479 e. The Labute approximate surface area is 184 Å². The lowest BCUT2D eigenvalue weighted by atomic mass is 9.88. The van der Waals surface area contributed by atoms with Crippen molar-refractivity contribution in [1.82, 2.24) is 5.32 Å². The first-order chi connectivity index (χ1) is 15.1. The molecule has 3 aromatic carbocycles. The summed E-state index contributed by atoms with van der Waals surface area (Å²) in [5.41, 5.74) is 0.359. The Balaban J connectivity index is 1.87. The normalized spacial score (nSPS) is 13.1. The van der Waals surface area contributed by atoms with Crippen LogP contribution < -0.4 is 10.1 Å². The zero-order valence-corrected chi connectivity index (χ0v) is 17.8. The number of carbonyl (C=O) groups is 1. The zero-order valence-electron chi connectivity index (χ0n) is 17.8. The number of unbranched alkanes of at least 4 members (excludes halogenated alkanes) is 2. The van der Waals surface area contributed by atoms with E-state index in [4.69, 9.17) is 4.74 Å². The van der Waals surface area contributed by atoms with Crippen molar-refractivity contribution in [1.29, 1.82) is 0 Å².